The molecule has 142 valence electrons. The zero-order valence-electron chi connectivity index (χ0n) is 15.5. The Labute approximate surface area is 160 Å². The van der Waals surface area contributed by atoms with Crippen molar-refractivity contribution in [2.45, 2.75) is 44.6 Å². The summed E-state index contributed by atoms with van der Waals surface area (Å²) in [5.41, 5.74) is 0.812. The highest BCUT2D eigenvalue weighted by Crippen LogP contribution is 2.27. The largest absolute Gasteiger partial charge is 0.490 e. The Bertz CT molecular complexity index is 754. The van der Waals surface area contributed by atoms with Crippen molar-refractivity contribution in [1.29, 1.82) is 0 Å². The molecule has 1 saturated carbocycles. The van der Waals surface area contributed by atoms with E-state index < -0.39 is 0 Å². The van der Waals surface area contributed by atoms with Crippen LogP contribution in [-0.4, -0.2) is 35.1 Å². The predicted octanol–water partition coefficient (Wildman–Crippen LogP) is 3.65. The number of hydrogen-bond acceptors (Lipinski definition) is 5. The summed E-state index contributed by atoms with van der Waals surface area (Å²) < 4.78 is 6.04. The van der Waals surface area contributed by atoms with Crippen LogP contribution in [0, 0.1) is 5.92 Å². The second-order valence-corrected chi connectivity index (χ2v) is 7.37. The number of nitrogens with zero attached hydrogens (tertiary/aromatic N) is 3. The number of piperidine rings is 1. The average Bonchev–Trinajstić information content (AvgIpc) is 3.22. The third-order valence-corrected chi connectivity index (χ3v) is 5.45. The molecule has 2 fully saturated rings. The molecule has 6 heteroatoms. The second-order valence-electron chi connectivity index (χ2n) is 7.37. The van der Waals surface area contributed by atoms with Crippen molar-refractivity contribution in [2.24, 2.45) is 5.92 Å². The molecule has 2 aromatic rings. The van der Waals surface area contributed by atoms with Crippen molar-refractivity contribution < 1.29 is 9.53 Å². The topological polar surface area (TPSA) is 67.3 Å². The van der Waals surface area contributed by atoms with Crippen molar-refractivity contribution in [3.8, 4) is 5.75 Å². The lowest BCUT2D eigenvalue weighted by molar-refractivity contribution is -0.120. The first kappa shape index (κ1) is 17.8. The molecule has 4 rings (SSSR count). The molecule has 2 aliphatic rings. The summed E-state index contributed by atoms with van der Waals surface area (Å²) in [6, 6.07) is 7.77. The zero-order valence-corrected chi connectivity index (χ0v) is 15.5. The van der Waals surface area contributed by atoms with Crippen LogP contribution in [0.4, 0.5) is 11.5 Å². The molecule has 27 heavy (non-hydrogen) atoms. The molecule has 1 aromatic heterocycles. The maximum Gasteiger partial charge on any atom is 0.227 e. The third kappa shape index (κ3) is 4.56. The number of carbonyl (C=O) groups excluding carboxylic acids is 1. The van der Waals surface area contributed by atoms with Crippen molar-refractivity contribution in [2.75, 3.05) is 23.3 Å². The standard InChI is InChI=1S/C21H26N4O2/c26-21(16-8-12-25(13-9-16)20-15-22-10-11-23-20)24-17-4-3-7-19(14-17)27-18-5-1-2-6-18/h3-4,7,10-11,14-16,18H,1-2,5-6,8-9,12-13H2,(H,24,26). The molecule has 1 N–H and O–H groups in total. The summed E-state index contributed by atoms with van der Waals surface area (Å²) in [6.45, 7) is 1.64. The fourth-order valence-electron chi connectivity index (χ4n) is 3.92. The first-order valence-electron chi connectivity index (χ1n) is 9.86. The predicted molar refractivity (Wildman–Crippen MR) is 105 cm³/mol. The Balaban J connectivity index is 1.30. The van der Waals surface area contributed by atoms with Gasteiger partial charge >= 0.3 is 0 Å². The van der Waals surface area contributed by atoms with Crippen LogP contribution in [0.15, 0.2) is 42.9 Å². The summed E-state index contributed by atoms with van der Waals surface area (Å²) in [6.07, 6.45) is 11.9. The lowest BCUT2D eigenvalue weighted by Crippen LogP contribution is -2.38. The summed E-state index contributed by atoms with van der Waals surface area (Å²) >= 11 is 0. The lowest BCUT2D eigenvalue weighted by atomic mass is 9.96. The second kappa shape index (κ2) is 8.37. The monoisotopic (exact) mass is 366 g/mol. The first-order valence-corrected chi connectivity index (χ1v) is 9.86. The van der Waals surface area contributed by atoms with Crippen molar-refractivity contribution in [3.05, 3.63) is 42.9 Å². The van der Waals surface area contributed by atoms with Crippen LogP contribution in [0.25, 0.3) is 0 Å². The van der Waals surface area contributed by atoms with Crippen LogP contribution in [0.3, 0.4) is 0 Å². The maximum absolute atomic E-state index is 12.7. The highest BCUT2D eigenvalue weighted by molar-refractivity contribution is 5.92. The third-order valence-electron chi connectivity index (χ3n) is 5.45. The molecule has 0 unspecified atom stereocenters. The molecule has 0 bridgehead atoms. The molecule has 0 spiro atoms. The van der Waals surface area contributed by atoms with Gasteiger partial charge < -0.3 is 15.0 Å². The number of carbonyl (C=O) groups is 1. The highest BCUT2D eigenvalue weighted by atomic mass is 16.5. The fraction of sp³-hybridized carbons (Fsp3) is 0.476. The average molecular weight is 366 g/mol. The number of ether oxygens (including phenoxy) is 1. The van der Waals surface area contributed by atoms with Crippen LogP contribution in [-0.2, 0) is 4.79 Å². The molecule has 0 radical (unpaired) electrons. The lowest BCUT2D eigenvalue weighted by Gasteiger charge is -2.31. The normalized spacial score (nSPS) is 18.4. The van der Waals surface area contributed by atoms with E-state index in [-0.39, 0.29) is 11.8 Å². The first-order chi connectivity index (χ1) is 13.3. The highest BCUT2D eigenvalue weighted by Gasteiger charge is 2.26. The molecular formula is C21H26N4O2. The van der Waals surface area contributed by atoms with Crippen LogP contribution in [0.1, 0.15) is 38.5 Å². The van der Waals surface area contributed by atoms with Crippen LogP contribution in [0.2, 0.25) is 0 Å². The molecule has 6 nitrogen and oxygen atoms in total. The Morgan fingerprint density at radius 1 is 1.11 bits per heavy atom. The van der Waals surface area contributed by atoms with Gasteiger partial charge in [0.15, 0.2) is 0 Å². The molecule has 1 saturated heterocycles. The SMILES string of the molecule is O=C(Nc1cccc(OC2CCCC2)c1)C1CCN(c2cnccn2)CC1. The van der Waals surface area contributed by atoms with Crippen molar-refractivity contribution in [1.82, 2.24) is 9.97 Å². The van der Waals surface area contributed by atoms with Gasteiger partial charge in [-0.3, -0.25) is 9.78 Å². The zero-order chi connectivity index (χ0) is 18.5. The van der Waals surface area contributed by atoms with Gasteiger partial charge in [-0.05, 0) is 50.7 Å². The number of benzene rings is 1. The number of anilines is 2. The molecule has 1 aromatic carbocycles. The van der Waals surface area contributed by atoms with Gasteiger partial charge in [-0.1, -0.05) is 6.07 Å². The van der Waals surface area contributed by atoms with Crippen LogP contribution in [0.5, 0.6) is 5.75 Å². The van der Waals surface area contributed by atoms with E-state index in [9.17, 15) is 4.79 Å². The van der Waals surface area contributed by atoms with Crippen LogP contribution < -0.4 is 15.0 Å². The fourth-order valence-corrected chi connectivity index (χ4v) is 3.92. The van der Waals surface area contributed by atoms with Gasteiger partial charge in [-0.15, -0.1) is 0 Å². The summed E-state index contributed by atoms with van der Waals surface area (Å²) in [5, 5.41) is 3.07. The molecule has 0 atom stereocenters. The van der Waals surface area contributed by atoms with E-state index >= 15 is 0 Å². The molecular weight excluding hydrogens is 340 g/mol. The Kier molecular flexibility index (Phi) is 5.51. The minimum absolute atomic E-state index is 0.0253. The van der Waals surface area contributed by atoms with E-state index in [2.05, 4.69) is 20.2 Å². The number of nitrogens with one attached hydrogen (secondary N) is 1. The minimum atomic E-state index is 0.0253. The Hall–Kier alpha value is -2.63. The molecule has 1 aliphatic carbocycles. The molecule has 1 aliphatic heterocycles. The smallest absolute Gasteiger partial charge is 0.227 e. The van der Waals surface area contributed by atoms with Gasteiger partial charge in [0, 0.05) is 43.2 Å². The quantitative estimate of drug-likeness (QED) is 0.875. The van der Waals surface area contributed by atoms with Gasteiger partial charge in [-0.25, -0.2) is 4.98 Å². The van der Waals surface area contributed by atoms with Gasteiger partial charge in [0.25, 0.3) is 0 Å². The van der Waals surface area contributed by atoms with E-state index in [4.69, 9.17) is 4.74 Å². The van der Waals surface area contributed by atoms with E-state index in [1.54, 1.807) is 18.6 Å². The molecule has 2 heterocycles. The van der Waals surface area contributed by atoms with Crippen LogP contribution >= 0.6 is 0 Å². The number of amides is 1. The number of aromatic nitrogens is 2. The van der Waals surface area contributed by atoms with E-state index in [1.807, 2.05) is 24.3 Å². The van der Waals surface area contributed by atoms with E-state index in [0.29, 0.717) is 6.10 Å². The minimum Gasteiger partial charge on any atom is -0.490 e. The van der Waals surface area contributed by atoms with Crippen molar-refractivity contribution in [3.63, 3.8) is 0 Å². The van der Waals surface area contributed by atoms with Gasteiger partial charge in [-0.2, -0.15) is 0 Å². The number of hydrogen-bond donors (Lipinski definition) is 1. The summed E-state index contributed by atoms with van der Waals surface area (Å²) in [7, 11) is 0. The van der Waals surface area contributed by atoms with Gasteiger partial charge in [0.05, 0.1) is 12.3 Å². The Morgan fingerprint density at radius 2 is 1.93 bits per heavy atom. The summed E-state index contributed by atoms with van der Waals surface area (Å²) in [4.78, 5) is 23.3. The maximum atomic E-state index is 12.7. The van der Waals surface area contributed by atoms with Crippen molar-refractivity contribution >= 4 is 17.4 Å². The number of rotatable bonds is 5. The summed E-state index contributed by atoms with van der Waals surface area (Å²) in [5.74, 6) is 1.84. The van der Waals surface area contributed by atoms with E-state index in [0.717, 1.165) is 56.0 Å². The van der Waals surface area contributed by atoms with Gasteiger partial charge in [0.2, 0.25) is 5.91 Å². The van der Waals surface area contributed by atoms with Gasteiger partial charge in [0.1, 0.15) is 11.6 Å². The van der Waals surface area contributed by atoms with E-state index in [1.165, 1.54) is 12.8 Å². The Morgan fingerprint density at radius 3 is 2.67 bits per heavy atom. The molecule has 1 amide bonds.